The SMILES string of the molecule is Clc1c(Br)cnc2cc(Br)ccc12. The number of nitrogens with zero attached hydrogens (tertiary/aromatic N) is 1. The number of hydrogen-bond donors (Lipinski definition) is 0. The summed E-state index contributed by atoms with van der Waals surface area (Å²) in [4.78, 5) is 4.24. The molecule has 0 N–H and O–H groups in total. The fraction of sp³-hybridized carbons (Fsp3) is 0. The first-order valence-corrected chi connectivity index (χ1v) is 5.54. The second-order valence-electron chi connectivity index (χ2n) is 2.58. The van der Waals surface area contributed by atoms with Gasteiger partial charge in [0, 0.05) is 16.1 Å². The van der Waals surface area contributed by atoms with E-state index in [1.807, 2.05) is 18.2 Å². The fourth-order valence-electron chi connectivity index (χ4n) is 1.11. The van der Waals surface area contributed by atoms with Crippen LogP contribution in [0.1, 0.15) is 0 Å². The first kappa shape index (κ1) is 9.44. The van der Waals surface area contributed by atoms with E-state index in [0.29, 0.717) is 5.02 Å². The van der Waals surface area contributed by atoms with Crippen LogP contribution >= 0.6 is 43.5 Å². The molecule has 0 aliphatic carbocycles. The molecule has 0 aliphatic heterocycles. The Morgan fingerprint density at radius 1 is 1.23 bits per heavy atom. The van der Waals surface area contributed by atoms with Crippen LogP contribution in [0.25, 0.3) is 10.9 Å². The van der Waals surface area contributed by atoms with Crippen molar-refractivity contribution in [2.45, 2.75) is 0 Å². The monoisotopic (exact) mass is 319 g/mol. The number of fused-ring (bicyclic) bond motifs is 1. The summed E-state index contributed by atoms with van der Waals surface area (Å²) in [6.45, 7) is 0. The normalized spacial score (nSPS) is 10.7. The van der Waals surface area contributed by atoms with E-state index in [1.54, 1.807) is 6.20 Å². The van der Waals surface area contributed by atoms with Gasteiger partial charge in [-0.3, -0.25) is 4.98 Å². The number of benzene rings is 1. The van der Waals surface area contributed by atoms with Gasteiger partial charge in [0.15, 0.2) is 0 Å². The number of pyridine rings is 1. The van der Waals surface area contributed by atoms with E-state index in [9.17, 15) is 0 Å². The molecule has 0 amide bonds. The molecule has 0 unspecified atom stereocenters. The van der Waals surface area contributed by atoms with Gasteiger partial charge in [0.1, 0.15) is 0 Å². The lowest BCUT2D eigenvalue weighted by atomic mass is 10.2. The van der Waals surface area contributed by atoms with Gasteiger partial charge in [0.25, 0.3) is 0 Å². The zero-order chi connectivity index (χ0) is 9.42. The van der Waals surface area contributed by atoms with Gasteiger partial charge < -0.3 is 0 Å². The highest BCUT2D eigenvalue weighted by atomic mass is 79.9. The molecule has 0 atom stereocenters. The predicted molar refractivity (Wildman–Crippen MR) is 62.2 cm³/mol. The van der Waals surface area contributed by atoms with Crippen molar-refractivity contribution < 1.29 is 0 Å². The van der Waals surface area contributed by atoms with Gasteiger partial charge in [-0.25, -0.2) is 0 Å². The van der Waals surface area contributed by atoms with Gasteiger partial charge in [-0.15, -0.1) is 0 Å². The summed E-state index contributed by atoms with van der Waals surface area (Å²) in [6.07, 6.45) is 1.71. The van der Waals surface area contributed by atoms with Crippen molar-refractivity contribution >= 4 is 54.4 Å². The molecule has 1 nitrogen and oxygen atoms in total. The molecular weight excluding hydrogens is 317 g/mol. The summed E-state index contributed by atoms with van der Waals surface area (Å²) in [6, 6.07) is 5.83. The molecule has 0 radical (unpaired) electrons. The molecule has 4 heteroatoms. The average molecular weight is 321 g/mol. The van der Waals surface area contributed by atoms with Gasteiger partial charge in [-0.1, -0.05) is 33.6 Å². The maximum atomic E-state index is 6.08. The van der Waals surface area contributed by atoms with Crippen LogP contribution in [0.5, 0.6) is 0 Å². The summed E-state index contributed by atoms with van der Waals surface area (Å²) in [5, 5.41) is 1.66. The largest absolute Gasteiger partial charge is 0.255 e. The number of aromatic nitrogens is 1. The van der Waals surface area contributed by atoms with Crippen LogP contribution in [0, 0.1) is 0 Å². The second kappa shape index (κ2) is 3.56. The highest BCUT2D eigenvalue weighted by Gasteiger charge is 2.04. The molecule has 0 saturated carbocycles. The van der Waals surface area contributed by atoms with Gasteiger partial charge in [0.05, 0.1) is 15.0 Å². The summed E-state index contributed by atoms with van der Waals surface area (Å²) < 4.78 is 1.83. The van der Waals surface area contributed by atoms with Gasteiger partial charge in [-0.2, -0.15) is 0 Å². The minimum atomic E-state index is 0.706. The summed E-state index contributed by atoms with van der Waals surface area (Å²) in [5.74, 6) is 0. The standard InChI is InChI=1S/C9H4Br2ClN/c10-5-1-2-6-8(3-5)13-4-7(11)9(6)12/h1-4H. The van der Waals surface area contributed by atoms with E-state index >= 15 is 0 Å². The van der Waals surface area contributed by atoms with E-state index in [4.69, 9.17) is 11.6 Å². The number of rotatable bonds is 0. The minimum absolute atomic E-state index is 0.706. The molecular formula is C9H4Br2ClN. The van der Waals surface area contributed by atoms with Crippen molar-refractivity contribution in [1.29, 1.82) is 0 Å². The lowest BCUT2D eigenvalue weighted by Crippen LogP contribution is -1.80. The van der Waals surface area contributed by atoms with Crippen LogP contribution < -0.4 is 0 Å². The molecule has 13 heavy (non-hydrogen) atoms. The molecule has 0 saturated heterocycles. The fourth-order valence-corrected chi connectivity index (χ4v) is 1.98. The van der Waals surface area contributed by atoms with Crippen LogP contribution in [0.2, 0.25) is 5.02 Å². The Morgan fingerprint density at radius 2 is 2.00 bits per heavy atom. The first-order valence-electron chi connectivity index (χ1n) is 3.58. The predicted octanol–water partition coefficient (Wildman–Crippen LogP) is 4.41. The zero-order valence-corrected chi connectivity index (χ0v) is 10.3. The van der Waals surface area contributed by atoms with E-state index in [-0.39, 0.29) is 0 Å². The van der Waals surface area contributed by atoms with Gasteiger partial charge >= 0.3 is 0 Å². The molecule has 0 aliphatic rings. The average Bonchev–Trinajstić information content (AvgIpc) is 2.12. The Kier molecular flexibility index (Phi) is 2.58. The van der Waals surface area contributed by atoms with E-state index in [0.717, 1.165) is 19.8 Å². The van der Waals surface area contributed by atoms with Crippen molar-refractivity contribution in [2.24, 2.45) is 0 Å². The lowest BCUT2D eigenvalue weighted by molar-refractivity contribution is 1.39. The number of hydrogen-bond acceptors (Lipinski definition) is 1. The maximum Gasteiger partial charge on any atom is 0.0729 e. The molecule has 2 rings (SSSR count). The molecule has 1 aromatic carbocycles. The summed E-state index contributed by atoms with van der Waals surface area (Å²) in [7, 11) is 0. The third kappa shape index (κ3) is 1.73. The van der Waals surface area contributed by atoms with Crippen molar-refractivity contribution in [1.82, 2.24) is 4.98 Å². The Balaban J connectivity index is 2.87. The molecule has 2 aromatic rings. The van der Waals surface area contributed by atoms with Crippen LogP contribution in [-0.4, -0.2) is 4.98 Å². The Hall–Kier alpha value is -0.120. The molecule has 0 fully saturated rings. The van der Waals surface area contributed by atoms with E-state index < -0.39 is 0 Å². The van der Waals surface area contributed by atoms with Gasteiger partial charge in [-0.05, 0) is 28.1 Å². The molecule has 1 heterocycles. The Labute approximate surface area is 97.4 Å². The molecule has 0 spiro atoms. The van der Waals surface area contributed by atoms with Crippen LogP contribution in [0.15, 0.2) is 33.3 Å². The van der Waals surface area contributed by atoms with Gasteiger partial charge in [0.2, 0.25) is 0 Å². The van der Waals surface area contributed by atoms with E-state index in [1.165, 1.54) is 0 Å². The smallest absolute Gasteiger partial charge is 0.0729 e. The summed E-state index contributed by atoms with van der Waals surface area (Å²) >= 11 is 12.8. The molecule has 0 bridgehead atoms. The third-order valence-corrected chi connectivity index (χ3v) is 3.45. The molecule has 1 aromatic heterocycles. The van der Waals surface area contributed by atoms with Crippen LogP contribution in [0.3, 0.4) is 0 Å². The third-order valence-electron chi connectivity index (χ3n) is 1.72. The summed E-state index contributed by atoms with van der Waals surface area (Å²) in [5.41, 5.74) is 0.891. The quantitative estimate of drug-likeness (QED) is 0.700. The van der Waals surface area contributed by atoms with Crippen molar-refractivity contribution in [3.8, 4) is 0 Å². The lowest BCUT2D eigenvalue weighted by Gasteiger charge is -2.01. The zero-order valence-electron chi connectivity index (χ0n) is 6.39. The maximum absolute atomic E-state index is 6.08. The van der Waals surface area contributed by atoms with Crippen molar-refractivity contribution in [3.05, 3.63) is 38.4 Å². The topological polar surface area (TPSA) is 12.9 Å². The van der Waals surface area contributed by atoms with Crippen LogP contribution in [-0.2, 0) is 0 Å². The first-order chi connectivity index (χ1) is 6.18. The van der Waals surface area contributed by atoms with E-state index in [2.05, 4.69) is 36.8 Å². The Bertz CT molecular complexity index is 470. The minimum Gasteiger partial charge on any atom is -0.255 e. The van der Waals surface area contributed by atoms with Crippen molar-refractivity contribution in [3.63, 3.8) is 0 Å². The highest BCUT2D eigenvalue weighted by molar-refractivity contribution is 9.10. The highest BCUT2D eigenvalue weighted by Crippen LogP contribution is 2.30. The Morgan fingerprint density at radius 3 is 2.77 bits per heavy atom. The second-order valence-corrected chi connectivity index (χ2v) is 4.73. The van der Waals surface area contributed by atoms with Crippen LogP contribution in [0.4, 0.5) is 0 Å². The van der Waals surface area contributed by atoms with Crippen molar-refractivity contribution in [2.75, 3.05) is 0 Å². The number of halogens is 3. The molecule has 66 valence electrons.